The van der Waals surface area contributed by atoms with Gasteiger partial charge in [0.05, 0.1) is 0 Å². The predicted molar refractivity (Wildman–Crippen MR) is 47.8 cm³/mol. The maximum absolute atomic E-state index is 11.5. The van der Waals surface area contributed by atoms with Crippen molar-refractivity contribution in [1.29, 1.82) is 0 Å². The van der Waals surface area contributed by atoms with Gasteiger partial charge in [0.2, 0.25) is 5.89 Å². The highest BCUT2D eigenvalue weighted by Crippen LogP contribution is 2.00. The van der Waals surface area contributed by atoms with Crippen LogP contribution in [-0.4, -0.2) is 35.2 Å². The quantitative estimate of drug-likeness (QED) is 0.664. The van der Waals surface area contributed by atoms with E-state index in [0.717, 1.165) is 19.5 Å². The molecule has 2 rings (SSSR count). The number of nitrogens with one attached hydrogen (secondary N) is 2. The van der Waals surface area contributed by atoms with E-state index in [4.69, 9.17) is 4.52 Å². The van der Waals surface area contributed by atoms with Gasteiger partial charge < -0.3 is 15.2 Å². The Morgan fingerprint density at radius 1 is 1.71 bits per heavy atom. The molecule has 1 aromatic rings. The highest BCUT2D eigenvalue weighted by atomic mass is 16.5. The van der Waals surface area contributed by atoms with Crippen LogP contribution in [0.1, 0.15) is 22.9 Å². The third kappa shape index (κ3) is 1.90. The fraction of sp³-hybridized carbons (Fsp3) is 0.625. The van der Waals surface area contributed by atoms with E-state index in [1.54, 1.807) is 6.92 Å². The van der Waals surface area contributed by atoms with Gasteiger partial charge in [-0.15, -0.1) is 0 Å². The predicted octanol–water partition coefficient (Wildman–Crippen LogP) is -0.530. The summed E-state index contributed by atoms with van der Waals surface area (Å²) in [5.74, 6) is 0.240. The third-order valence-corrected chi connectivity index (χ3v) is 2.13. The van der Waals surface area contributed by atoms with Gasteiger partial charge in [-0.2, -0.15) is 4.98 Å². The van der Waals surface area contributed by atoms with Gasteiger partial charge in [0, 0.05) is 19.5 Å². The molecule has 1 atom stereocenters. The van der Waals surface area contributed by atoms with Crippen LogP contribution in [0, 0.1) is 6.92 Å². The molecule has 2 heterocycles. The number of aryl methyl sites for hydroxylation is 1. The van der Waals surface area contributed by atoms with E-state index in [0.29, 0.717) is 5.89 Å². The molecule has 1 aliphatic rings. The topological polar surface area (TPSA) is 80.0 Å². The smallest absolute Gasteiger partial charge is 0.292 e. The van der Waals surface area contributed by atoms with Gasteiger partial charge in [-0.05, 0) is 13.0 Å². The number of hydrogen-bond acceptors (Lipinski definition) is 5. The summed E-state index contributed by atoms with van der Waals surface area (Å²) in [5, 5.41) is 9.52. The van der Waals surface area contributed by atoms with Gasteiger partial charge in [-0.3, -0.25) is 4.79 Å². The van der Waals surface area contributed by atoms with Crippen LogP contribution in [0.25, 0.3) is 0 Å². The van der Waals surface area contributed by atoms with E-state index < -0.39 is 0 Å². The first-order valence-electron chi connectivity index (χ1n) is 4.57. The minimum atomic E-state index is -0.268. The molecule has 0 spiro atoms. The Balaban J connectivity index is 1.95. The molecule has 0 radical (unpaired) electrons. The summed E-state index contributed by atoms with van der Waals surface area (Å²) < 4.78 is 4.71. The second kappa shape index (κ2) is 3.75. The van der Waals surface area contributed by atoms with E-state index in [-0.39, 0.29) is 17.8 Å². The Kier molecular flexibility index (Phi) is 2.45. The van der Waals surface area contributed by atoms with Crippen LogP contribution in [0.2, 0.25) is 0 Å². The normalized spacial score (nSPS) is 21.1. The van der Waals surface area contributed by atoms with Crippen LogP contribution in [-0.2, 0) is 0 Å². The first-order valence-corrected chi connectivity index (χ1v) is 4.57. The summed E-state index contributed by atoms with van der Waals surface area (Å²) in [4.78, 5) is 15.3. The average molecular weight is 196 g/mol. The summed E-state index contributed by atoms with van der Waals surface area (Å²) in [5.41, 5.74) is 0. The average Bonchev–Trinajstić information content (AvgIpc) is 2.75. The molecule has 0 aromatic carbocycles. The van der Waals surface area contributed by atoms with Gasteiger partial charge in [-0.25, -0.2) is 0 Å². The summed E-state index contributed by atoms with van der Waals surface area (Å²) in [6.07, 6.45) is 0.947. The molecule has 0 unspecified atom stereocenters. The molecule has 6 nitrogen and oxygen atoms in total. The number of rotatable bonds is 2. The second-order valence-electron chi connectivity index (χ2n) is 3.30. The molecular formula is C8H12N4O2. The van der Waals surface area contributed by atoms with E-state index in [9.17, 15) is 4.79 Å². The number of amides is 1. The van der Waals surface area contributed by atoms with E-state index in [1.165, 1.54) is 0 Å². The van der Waals surface area contributed by atoms with Crippen LogP contribution < -0.4 is 10.6 Å². The molecular weight excluding hydrogens is 184 g/mol. The van der Waals surface area contributed by atoms with Crippen LogP contribution in [0.5, 0.6) is 0 Å². The fourth-order valence-corrected chi connectivity index (χ4v) is 1.42. The van der Waals surface area contributed by atoms with Crippen molar-refractivity contribution in [2.24, 2.45) is 0 Å². The maximum atomic E-state index is 11.5. The molecule has 1 aliphatic heterocycles. The molecule has 14 heavy (non-hydrogen) atoms. The summed E-state index contributed by atoms with van der Waals surface area (Å²) in [6.45, 7) is 3.40. The molecule has 0 saturated carbocycles. The molecule has 1 fully saturated rings. The van der Waals surface area contributed by atoms with E-state index in [2.05, 4.69) is 20.8 Å². The van der Waals surface area contributed by atoms with Gasteiger partial charge in [0.15, 0.2) is 0 Å². The zero-order valence-corrected chi connectivity index (χ0v) is 7.91. The summed E-state index contributed by atoms with van der Waals surface area (Å²) in [6, 6.07) is 0.182. The molecule has 1 amide bonds. The van der Waals surface area contributed by atoms with E-state index in [1.807, 2.05) is 0 Å². The first-order chi connectivity index (χ1) is 6.75. The Bertz CT molecular complexity index is 330. The van der Waals surface area contributed by atoms with Crippen molar-refractivity contribution >= 4 is 5.91 Å². The Hall–Kier alpha value is -1.43. The lowest BCUT2D eigenvalue weighted by Gasteiger charge is -2.08. The van der Waals surface area contributed by atoms with Gasteiger partial charge in [0.1, 0.15) is 0 Å². The first kappa shape index (κ1) is 9.14. The lowest BCUT2D eigenvalue weighted by Crippen LogP contribution is -2.36. The fourth-order valence-electron chi connectivity index (χ4n) is 1.42. The zero-order valence-electron chi connectivity index (χ0n) is 7.91. The highest BCUT2D eigenvalue weighted by Gasteiger charge is 2.20. The Morgan fingerprint density at radius 3 is 3.14 bits per heavy atom. The van der Waals surface area contributed by atoms with Crippen molar-refractivity contribution < 1.29 is 9.32 Å². The monoisotopic (exact) mass is 196 g/mol. The summed E-state index contributed by atoms with van der Waals surface area (Å²) in [7, 11) is 0. The SMILES string of the molecule is Cc1nc(C(=O)N[C@@H]2CCNC2)no1. The van der Waals surface area contributed by atoms with Crippen molar-refractivity contribution in [3.05, 3.63) is 11.7 Å². The van der Waals surface area contributed by atoms with Gasteiger partial charge >= 0.3 is 0 Å². The third-order valence-electron chi connectivity index (χ3n) is 2.13. The largest absolute Gasteiger partial charge is 0.345 e. The van der Waals surface area contributed by atoms with Crippen LogP contribution in [0.4, 0.5) is 0 Å². The zero-order chi connectivity index (χ0) is 9.97. The van der Waals surface area contributed by atoms with Crippen molar-refractivity contribution in [3.63, 3.8) is 0 Å². The minimum Gasteiger partial charge on any atom is -0.345 e. The minimum absolute atomic E-state index is 0.106. The lowest BCUT2D eigenvalue weighted by atomic mass is 10.2. The number of aromatic nitrogens is 2. The molecule has 1 aromatic heterocycles. The second-order valence-corrected chi connectivity index (χ2v) is 3.30. The molecule has 0 aliphatic carbocycles. The van der Waals surface area contributed by atoms with Crippen molar-refractivity contribution in [2.75, 3.05) is 13.1 Å². The van der Waals surface area contributed by atoms with Crippen molar-refractivity contribution in [3.8, 4) is 0 Å². The Labute approximate surface area is 81.1 Å². The number of carbonyl (C=O) groups excluding carboxylic acids is 1. The summed E-state index contributed by atoms with van der Waals surface area (Å²) >= 11 is 0. The number of nitrogens with zero attached hydrogens (tertiary/aromatic N) is 2. The Morgan fingerprint density at radius 2 is 2.57 bits per heavy atom. The van der Waals surface area contributed by atoms with Crippen molar-refractivity contribution in [2.45, 2.75) is 19.4 Å². The molecule has 6 heteroatoms. The molecule has 0 bridgehead atoms. The van der Waals surface area contributed by atoms with Crippen LogP contribution >= 0.6 is 0 Å². The van der Waals surface area contributed by atoms with Gasteiger partial charge in [-0.1, -0.05) is 5.16 Å². The van der Waals surface area contributed by atoms with Crippen LogP contribution in [0.3, 0.4) is 0 Å². The molecule has 2 N–H and O–H groups in total. The van der Waals surface area contributed by atoms with Gasteiger partial charge in [0.25, 0.3) is 11.7 Å². The molecule has 76 valence electrons. The standard InChI is InChI=1S/C8H12N4O2/c1-5-10-7(12-14-5)8(13)11-6-2-3-9-4-6/h6,9H,2-4H2,1H3,(H,11,13)/t6-/m1/s1. The molecule has 1 saturated heterocycles. The highest BCUT2D eigenvalue weighted by molar-refractivity contribution is 5.90. The van der Waals surface area contributed by atoms with Crippen molar-refractivity contribution in [1.82, 2.24) is 20.8 Å². The van der Waals surface area contributed by atoms with E-state index >= 15 is 0 Å². The maximum Gasteiger partial charge on any atom is 0.292 e. The number of carbonyl (C=O) groups is 1. The van der Waals surface area contributed by atoms with Crippen LogP contribution in [0.15, 0.2) is 4.52 Å². The number of hydrogen-bond donors (Lipinski definition) is 2. The lowest BCUT2D eigenvalue weighted by molar-refractivity contribution is 0.0926.